The van der Waals surface area contributed by atoms with Gasteiger partial charge >= 0.3 is 6.09 Å². The molecule has 3 rings (SSSR count). The quantitative estimate of drug-likeness (QED) is 0.163. The Balaban J connectivity index is 1.83. The molecule has 0 bridgehead atoms. The fraction of sp³-hybridized carbons (Fsp3) is 0.115. The van der Waals surface area contributed by atoms with Gasteiger partial charge in [0.2, 0.25) is 5.91 Å². The molecule has 3 aromatic rings. The van der Waals surface area contributed by atoms with Crippen LogP contribution in [0.1, 0.15) is 17.2 Å². The summed E-state index contributed by atoms with van der Waals surface area (Å²) in [6, 6.07) is 19.9. The van der Waals surface area contributed by atoms with E-state index in [4.69, 9.17) is 20.5 Å². The number of halogens is 1. The molecule has 5 N–H and O–H groups in total. The molecule has 0 spiro atoms. The first-order chi connectivity index (χ1) is 17.3. The number of phenols is 1. The number of nitrogens with zero attached hydrogens (tertiary/aromatic N) is 1. The first kappa shape index (κ1) is 26.5. The number of methoxy groups -OCH3 is 1. The van der Waals surface area contributed by atoms with Gasteiger partial charge in [-0.2, -0.15) is 5.26 Å². The Hall–Kier alpha value is -4.08. The Morgan fingerprint density at radius 2 is 1.83 bits per heavy atom. The van der Waals surface area contributed by atoms with E-state index in [1.54, 1.807) is 60.7 Å². The number of phenolic OH excluding ortho intramolecular Hbond substituents is 1. The minimum absolute atomic E-state index is 0.108. The van der Waals surface area contributed by atoms with E-state index in [1.165, 1.54) is 25.3 Å². The van der Waals surface area contributed by atoms with Crippen molar-refractivity contribution < 1.29 is 24.2 Å². The van der Waals surface area contributed by atoms with Crippen LogP contribution in [0.25, 0.3) is 0 Å². The maximum Gasteiger partial charge on any atom is 0.412 e. The third-order valence-electron chi connectivity index (χ3n) is 5.02. The van der Waals surface area contributed by atoms with Gasteiger partial charge in [0.15, 0.2) is 6.10 Å². The van der Waals surface area contributed by atoms with Crippen LogP contribution in [-0.4, -0.2) is 30.3 Å². The van der Waals surface area contributed by atoms with Crippen LogP contribution < -0.4 is 16.4 Å². The SMILES string of the molecule is CO[C@H](/C=C/C(=O)Nc1ccccc1N)[C@H](OC(=O)Nc1ccc(C#N)cc1)c1cc(I)ccc1O. The normalized spacial score (nSPS) is 12.4. The van der Waals surface area contributed by atoms with E-state index in [1.807, 2.05) is 6.07 Å². The van der Waals surface area contributed by atoms with Crippen molar-refractivity contribution >= 4 is 51.7 Å². The fourth-order valence-electron chi connectivity index (χ4n) is 3.22. The van der Waals surface area contributed by atoms with E-state index in [-0.39, 0.29) is 5.75 Å². The second kappa shape index (κ2) is 12.6. The summed E-state index contributed by atoms with van der Waals surface area (Å²) in [6.45, 7) is 0. The Morgan fingerprint density at radius 3 is 2.50 bits per heavy atom. The lowest BCUT2D eigenvalue weighted by Gasteiger charge is -2.25. The van der Waals surface area contributed by atoms with Crippen molar-refractivity contribution in [3.63, 3.8) is 0 Å². The number of para-hydroxylation sites is 2. The second-order valence-corrected chi connectivity index (χ2v) is 8.72. The molecule has 0 radical (unpaired) electrons. The van der Waals surface area contributed by atoms with Crippen LogP contribution in [0.15, 0.2) is 78.9 Å². The predicted molar refractivity (Wildman–Crippen MR) is 144 cm³/mol. The molecule has 0 saturated heterocycles. The molecule has 0 unspecified atom stereocenters. The van der Waals surface area contributed by atoms with Gasteiger partial charge in [0.1, 0.15) is 11.9 Å². The number of nitrogens with two attached hydrogens (primary N) is 1. The largest absolute Gasteiger partial charge is 0.508 e. The molecule has 184 valence electrons. The summed E-state index contributed by atoms with van der Waals surface area (Å²) in [6.07, 6.45) is -0.193. The highest BCUT2D eigenvalue weighted by Crippen LogP contribution is 2.33. The highest BCUT2D eigenvalue weighted by atomic mass is 127. The van der Waals surface area contributed by atoms with Crippen molar-refractivity contribution in [1.29, 1.82) is 5.26 Å². The summed E-state index contributed by atoms with van der Waals surface area (Å²) in [7, 11) is 1.39. The van der Waals surface area contributed by atoms with Gasteiger partial charge in [-0.05, 0) is 83.3 Å². The number of amides is 2. The number of anilines is 3. The first-order valence-electron chi connectivity index (χ1n) is 10.6. The highest BCUT2D eigenvalue weighted by molar-refractivity contribution is 14.1. The van der Waals surface area contributed by atoms with Crippen LogP contribution in [0, 0.1) is 14.9 Å². The van der Waals surface area contributed by atoms with Gasteiger partial charge in [0, 0.05) is 28.0 Å². The van der Waals surface area contributed by atoms with E-state index < -0.39 is 24.2 Å². The molecule has 0 aliphatic rings. The third kappa shape index (κ3) is 7.21. The molecule has 9 nitrogen and oxygen atoms in total. The number of nitrogens with one attached hydrogen (secondary N) is 2. The molecular weight excluding hydrogens is 575 g/mol. The van der Waals surface area contributed by atoms with E-state index >= 15 is 0 Å². The van der Waals surface area contributed by atoms with Crippen LogP contribution in [-0.2, 0) is 14.3 Å². The Bertz CT molecular complexity index is 1300. The summed E-state index contributed by atoms with van der Waals surface area (Å²) >= 11 is 2.07. The van der Waals surface area contributed by atoms with Crippen LogP contribution in [0.3, 0.4) is 0 Å². The van der Waals surface area contributed by atoms with Crippen molar-refractivity contribution in [2.75, 3.05) is 23.5 Å². The topological polar surface area (TPSA) is 147 Å². The van der Waals surface area contributed by atoms with Crippen molar-refractivity contribution in [1.82, 2.24) is 0 Å². The molecule has 0 aromatic heterocycles. The van der Waals surface area contributed by atoms with Gasteiger partial charge in [-0.15, -0.1) is 0 Å². The lowest BCUT2D eigenvalue weighted by atomic mass is 10.0. The zero-order valence-corrected chi connectivity index (χ0v) is 21.3. The van der Waals surface area contributed by atoms with Crippen LogP contribution in [0.5, 0.6) is 5.75 Å². The maximum absolute atomic E-state index is 12.7. The van der Waals surface area contributed by atoms with E-state index in [0.29, 0.717) is 28.2 Å². The monoisotopic (exact) mass is 598 g/mol. The molecule has 0 aliphatic carbocycles. The lowest BCUT2D eigenvalue weighted by Crippen LogP contribution is -2.27. The zero-order valence-electron chi connectivity index (χ0n) is 19.1. The summed E-state index contributed by atoms with van der Waals surface area (Å²) in [5, 5.41) is 24.7. The van der Waals surface area contributed by atoms with Crippen molar-refractivity contribution in [2.45, 2.75) is 12.2 Å². The van der Waals surface area contributed by atoms with Crippen LogP contribution in [0.2, 0.25) is 0 Å². The summed E-state index contributed by atoms with van der Waals surface area (Å²) in [4.78, 5) is 25.2. The molecule has 2 amide bonds. The zero-order chi connectivity index (χ0) is 26.1. The number of nitrogen functional groups attached to an aromatic ring is 1. The van der Waals surface area contributed by atoms with E-state index in [0.717, 1.165) is 3.57 Å². The molecule has 10 heteroatoms. The van der Waals surface area contributed by atoms with Gasteiger partial charge in [0.25, 0.3) is 0 Å². The lowest BCUT2D eigenvalue weighted by molar-refractivity contribution is -0.112. The van der Waals surface area contributed by atoms with Crippen LogP contribution >= 0.6 is 22.6 Å². The standard InChI is InChI=1S/C26H23IN4O5/c1-35-23(12-13-24(33)31-21-5-3-2-4-20(21)29)25(19-14-17(27)8-11-22(19)32)36-26(34)30-18-9-6-16(15-28)7-10-18/h2-14,23,25,32H,29H2,1H3,(H,30,34)(H,31,33)/b13-12+/t23-,25-/m1/s1. The molecule has 36 heavy (non-hydrogen) atoms. The molecule has 2 atom stereocenters. The minimum atomic E-state index is -1.10. The average Bonchev–Trinajstić information content (AvgIpc) is 2.87. The average molecular weight is 598 g/mol. The fourth-order valence-corrected chi connectivity index (χ4v) is 3.74. The number of ether oxygens (including phenoxy) is 2. The van der Waals surface area contributed by atoms with Gasteiger partial charge < -0.3 is 25.6 Å². The van der Waals surface area contributed by atoms with Gasteiger partial charge in [-0.25, -0.2) is 4.79 Å². The number of carbonyl (C=O) groups is 2. The van der Waals surface area contributed by atoms with Crippen molar-refractivity contribution in [3.8, 4) is 11.8 Å². The highest BCUT2D eigenvalue weighted by Gasteiger charge is 2.28. The summed E-state index contributed by atoms with van der Waals surface area (Å²) in [5.41, 5.74) is 7.87. The predicted octanol–water partition coefficient (Wildman–Crippen LogP) is 4.95. The summed E-state index contributed by atoms with van der Waals surface area (Å²) in [5.74, 6) is -0.578. The van der Waals surface area contributed by atoms with Crippen molar-refractivity contribution in [2.24, 2.45) is 0 Å². The van der Waals surface area contributed by atoms with Gasteiger partial charge in [0.05, 0.1) is 23.0 Å². The smallest absolute Gasteiger partial charge is 0.412 e. The number of benzene rings is 3. The molecule has 0 heterocycles. The molecule has 0 fully saturated rings. The number of rotatable bonds is 8. The Kier molecular flexibility index (Phi) is 9.26. The maximum atomic E-state index is 12.7. The minimum Gasteiger partial charge on any atom is -0.508 e. The first-order valence-corrected chi connectivity index (χ1v) is 11.7. The van der Waals surface area contributed by atoms with E-state index in [2.05, 4.69) is 33.2 Å². The van der Waals surface area contributed by atoms with E-state index in [9.17, 15) is 14.7 Å². The number of nitriles is 1. The number of hydrogen-bond acceptors (Lipinski definition) is 7. The Morgan fingerprint density at radius 1 is 1.11 bits per heavy atom. The molecular formula is C26H23IN4O5. The molecule has 0 aliphatic heterocycles. The van der Waals surface area contributed by atoms with Gasteiger partial charge in [-0.1, -0.05) is 12.1 Å². The summed E-state index contributed by atoms with van der Waals surface area (Å²) < 4.78 is 12.0. The van der Waals surface area contributed by atoms with Crippen LogP contribution in [0.4, 0.5) is 21.9 Å². The molecule has 3 aromatic carbocycles. The third-order valence-corrected chi connectivity index (χ3v) is 5.69. The van der Waals surface area contributed by atoms with Gasteiger partial charge in [-0.3, -0.25) is 10.1 Å². The number of carbonyl (C=O) groups excluding carboxylic acids is 2. The number of hydrogen-bond donors (Lipinski definition) is 4. The Labute approximate surface area is 221 Å². The van der Waals surface area contributed by atoms with Crippen molar-refractivity contribution in [3.05, 3.63) is 93.6 Å². The molecule has 0 saturated carbocycles. The number of aromatic hydroxyl groups is 1. The second-order valence-electron chi connectivity index (χ2n) is 7.48.